The van der Waals surface area contributed by atoms with Gasteiger partial charge < -0.3 is 0 Å². The molecule has 6 heteroatoms. The highest BCUT2D eigenvalue weighted by molar-refractivity contribution is 6.43. The summed E-state index contributed by atoms with van der Waals surface area (Å²) in [5, 5.41) is 6.53. The van der Waals surface area contributed by atoms with Crippen LogP contribution in [0.3, 0.4) is 0 Å². The molecule has 0 bridgehead atoms. The van der Waals surface area contributed by atoms with E-state index in [1.807, 2.05) is 56.3 Å². The van der Waals surface area contributed by atoms with E-state index >= 15 is 0 Å². The van der Waals surface area contributed by atoms with Crippen molar-refractivity contribution in [1.82, 2.24) is 4.90 Å². The summed E-state index contributed by atoms with van der Waals surface area (Å²) >= 11 is 0. The normalized spacial score (nSPS) is 15.1. The van der Waals surface area contributed by atoms with E-state index in [0.29, 0.717) is 45.1 Å². The smallest absolute Gasteiger partial charge is 0.266 e. The molecule has 192 valence electrons. The Labute approximate surface area is 228 Å². The lowest BCUT2D eigenvalue weighted by atomic mass is 9.82. The number of carbonyl (C=O) groups is 4. The third-order valence-corrected chi connectivity index (χ3v) is 8.76. The Balaban J connectivity index is 1.48. The van der Waals surface area contributed by atoms with Gasteiger partial charge in [-0.2, -0.15) is 0 Å². The standard InChI is InChI=1S/C34H22N2O4/c1-4-17-7-5-6-16(2)30(17)36-33(39)24-14-10-20-18-8-12-22-28-23(32(38)35(3)31(22)37)13-9-19(26(18)28)21-11-15-25(34(36)40)29(24)27(20)21/h5-15H,4H2,1-3H3. The van der Waals surface area contributed by atoms with Crippen LogP contribution in [0.2, 0.25) is 0 Å². The van der Waals surface area contributed by atoms with Crippen molar-refractivity contribution in [1.29, 1.82) is 0 Å². The fourth-order valence-electron chi connectivity index (χ4n) is 6.92. The van der Waals surface area contributed by atoms with Crippen molar-refractivity contribution < 1.29 is 19.2 Å². The van der Waals surface area contributed by atoms with Crippen molar-refractivity contribution >= 4 is 72.4 Å². The van der Waals surface area contributed by atoms with Crippen LogP contribution < -0.4 is 4.90 Å². The number of anilines is 1. The molecule has 0 N–H and O–H groups in total. The van der Waals surface area contributed by atoms with Gasteiger partial charge in [0.2, 0.25) is 0 Å². The van der Waals surface area contributed by atoms with E-state index in [2.05, 4.69) is 0 Å². The van der Waals surface area contributed by atoms with E-state index in [-0.39, 0.29) is 23.6 Å². The van der Waals surface area contributed by atoms with Crippen LogP contribution in [0.25, 0.3) is 43.1 Å². The monoisotopic (exact) mass is 522 g/mol. The molecule has 0 saturated heterocycles. The summed E-state index contributed by atoms with van der Waals surface area (Å²) in [6.45, 7) is 3.94. The minimum atomic E-state index is -0.333. The van der Waals surface area contributed by atoms with Crippen LogP contribution in [-0.2, 0) is 6.42 Å². The maximum atomic E-state index is 14.1. The van der Waals surface area contributed by atoms with Crippen molar-refractivity contribution in [3.8, 4) is 0 Å². The lowest BCUT2D eigenvalue weighted by Crippen LogP contribution is -2.41. The minimum Gasteiger partial charge on any atom is -0.277 e. The van der Waals surface area contributed by atoms with Gasteiger partial charge >= 0.3 is 0 Å². The molecule has 0 spiro atoms. The van der Waals surface area contributed by atoms with Gasteiger partial charge in [0.1, 0.15) is 0 Å². The molecule has 0 unspecified atom stereocenters. The highest BCUT2D eigenvalue weighted by Crippen LogP contribution is 2.46. The summed E-state index contributed by atoms with van der Waals surface area (Å²) in [5.74, 6) is -1.31. The second-order valence-corrected chi connectivity index (χ2v) is 10.7. The first-order valence-electron chi connectivity index (χ1n) is 13.3. The molecular formula is C34H22N2O4. The quantitative estimate of drug-likeness (QED) is 0.145. The molecule has 6 aromatic carbocycles. The molecular weight excluding hydrogens is 500 g/mol. The topological polar surface area (TPSA) is 74.8 Å². The number of hydrogen-bond acceptors (Lipinski definition) is 4. The van der Waals surface area contributed by atoms with Crippen LogP contribution in [0.1, 0.15) is 59.5 Å². The second-order valence-electron chi connectivity index (χ2n) is 10.7. The molecule has 0 aliphatic carbocycles. The van der Waals surface area contributed by atoms with Gasteiger partial charge in [0.25, 0.3) is 23.6 Å². The lowest BCUT2D eigenvalue weighted by Gasteiger charge is -2.31. The zero-order valence-electron chi connectivity index (χ0n) is 22.1. The summed E-state index contributed by atoms with van der Waals surface area (Å²) in [5.41, 5.74) is 4.44. The Bertz CT molecular complexity index is 2090. The van der Waals surface area contributed by atoms with Crippen LogP contribution in [0.5, 0.6) is 0 Å². The number of imide groups is 2. The summed E-state index contributed by atoms with van der Waals surface area (Å²) in [6, 6.07) is 20.7. The van der Waals surface area contributed by atoms with Crippen LogP contribution in [0.15, 0.2) is 66.7 Å². The zero-order valence-corrected chi connectivity index (χ0v) is 22.1. The SMILES string of the molecule is CCc1cccc(C)c1N1C(=O)c2ccc3c4ccc5c6c(ccc(c7ccc(c2c37)C1=O)c64)C(=O)N(C)C5=O. The predicted molar refractivity (Wildman–Crippen MR) is 156 cm³/mol. The van der Waals surface area contributed by atoms with Crippen molar-refractivity contribution in [2.45, 2.75) is 20.3 Å². The van der Waals surface area contributed by atoms with Gasteiger partial charge in [-0.15, -0.1) is 0 Å². The van der Waals surface area contributed by atoms with E-state index in [1.54, 1.807) is 24.3 Å². The van der Waals surface area contributed by atoms with Crippen LogP contribution in [0.4, 0.5) is 5.69 Å². The predicted octanol–water partition coefficient (Wildman–Crippen LogP) is 6.63. The number of nitrogens with zero attached hydrogens (tertiary/aromatic N) is 2. The maximum absolute atomic E-state index is 14.1. The number of carbonyl (C=O) groups excluding carboxylic acids is 4. The molecule has 2 heterocycles. The second kappa shape index (κ2) is 7.51. The number of amides is 4. The van der Waals surface area contributed by atoms with Gasteiger partial charge in [-0.05, 0) is 81.1 Å². The molecule has 0 saturated carbocycles. The summed E-state index contributed by atoms with van der Waals surface area (Å²) in [7, 11) is 1.50. The number of rotatable bonds is 2. The number of hydrogen-bond donors (Lipinski definition) is 0. The average Bonchev–Trinajstić information content (AvgIpc) is 2.97. The molecule has 0 fully saturated rings. The lowest BCUT2D eigenvalue weighted by molar-refractivity contribution is 0.0650. The summed E-state index contributed by atoms with van der Waals surface area (Å²) < 4.78 is 0. The molecule has 2 aliphatic rings. The van der Waals surface area contributed by atoms with Crippen LogP contribution in [0, 0.1) is 6.92 Å². The van der Waals surface area contributed by atoms with E-state index in [9.17, 15) is 19.2 Å². The third kappa shape index (κ3) is 2.54. The van der Waals surface area contributed by atoms with E-state index in [1.165, 1.54) is 11.9 Å². The maximum Gasteiger partial charge on any atom is 0.266 e. The van der Waals surface area contributed by atoms with E-state index in [0.717, 1.165) is 48.3 Å². The largest absolute Gasteiger partial charge is 0.277 e. The van der Waals surface area contributed by atoms with Gasteiger partial charge in [-0.1, -0.05) is 49.4 Å². The van der Waals surface area contributed by atoms with Crippen molar-refractivity contribution in [2.75, 3.05) is 11.9 Å². The van der Waals surface area contributed by atoms with Gasteiger partial charge in [-0.25, -0.2) is 4.90 Å². The van der Waals surface area contributed by atoms with Crippen molar-refractivity contribution in [3.63, 3.8) is 0 Å². The van der Waals surface area contributed by atoms with Crippen molar-refractivity contribution in [2.24, 2.45) is 0 Å². The molecule has 2 aliphatic heterocycles. The first-order valence-corrected chi connectivity index (χ1v) is 13.3. The molecule has 40 heavy (non-hydrogen) atoms. The van der Waals surface area contributed by atoms with Crippen molar-refractivity contribution in [3.05, 3.63) is 100 Å². The Hall–Kier alpha value is -5.10. The molecule has 4 amide bonds. The third-order valence-electron chi connectivity index (χ3n) is 8.76. The summed E-state index contributed by atoms with van der Waals surface area (Å²) in [6.07, 6.45) is 0.694. The first kappa shape index (κ1) is 22.8. The number of fused-ring (bicyclic) bond motifs is 2. The van der Waals surface area contributed by atoms with Crippen LogP contribution in [-0.4, -0.2) is 35.6 Å². The zero-order chi connectivity index (χ0) is 27.6. The highest BCUT2D eigenvalue weighted by Gasteiger charge is 2.37. The first-order chi connectivity index (χ1) is 19.3. The fraction of sp³-hybridized carbons (Fsp3) is 0.118. The van der Waals surface area contributed by atoms with Gasteiger partial charge in [0.15, 0.2) is 0 Å². The number of aryl methyl sites for hydroxylation is 2. The molecule has 6 aromatic rings. The van der Waals surface area contributed by atoms with Gasteiger partial charge in [0, 0.05) is 40.1 Å². The Kier molecular flexibility index (Phi) is 4.29. The minimum absolute atomic E-state index is 0.323. The van der Waals surface area contributed by atoms with Gasteiger partial charge in [-0.3, -0.25) is 24.1 Å². The Morgan fingerprint density at radius 3 is 1.40 bits per heavy atom. The molecule has 0 radical (unpaired) electrons. The van der Waals surface area contributed by atoms with E-state index in [4.69, 9.17) is 0 Å². The Morgan fingerprint density at radius 2 is 0.975 bits per heavy atom. The number of benzene rings is 6. The fourth-order valence-corrected chi connectivity index (χ4v) is 6.92. The number of para-hydroxylation sites is 1. The summed E-state index contributed by atoms with van der Waals surface area (Å²) in [4.78, 5) is 56.7. The highest BCUT2D eigenvalue weighted by atomic mass is 16.2. The average molecular weight is 523 g/mol. The van der Waals surface area contributed by atoms with Crippen LogP contribution >= 0.6 is 0 Å². The molecule has 0 aromatic heterocycles. The molecule has 6 nitrogen and oxygen atoms in total. The molecule has 8 rings (SSSR count). The Morgan fingerprint density at radius 1 is 0.550 bits per heavy atom. The van der Waals surface area contributed by atoms with E-state index < -0.39 is 0 Å². The van der Waals surface area contributed by atoms with Gasteiger partial charge in [0.05, 0.1) is 5.69 Å². The molecule has 0 atom stereocenters.